The van der Waals surface area contributed by atoms with Crippen molar-refractivity contribution < 1.29 is 13.2 Å². The van der Waals surface area contributed by atoms with E-state index in [9.17, 15) is 13.2 Å². The number of sulfonamides is 1. The molecule has 0 fully saturated rings. The second kappa shape index (κ2) is 7.55. The summed E-state index contributed by atoms with van der Waals surface area (Å²) in [7, 11) is -2.09. The molecule has 0 saturated heterocycles. The molecule has 0 aliphatic rings. The number of hydrogen-bond acceptors (Lipinski definition) is 4. The van der Waals surface area contributed by atoms with Gasteiger partial charge in [-0.05, 0) is 36.8 Å². The number of carbonyl (C=O) groups excluding carboxylic acids is 1. The Labute approximate surface area is 142 Å². The number of nitrogens with zero attached hydrogens (tertiary/aromatic N) is 2. The van der Waals surface area contributed by atoms with Crippen molar-refractivity contribution in [3.8, 4) is 0 Å². The van der Waals surface area contributed by atoms with Crippen LogP contribution in [0, 0.1) is 6.92 Å². The van der Waals surface area contributed by atoms with Crippen LogP contribution in [0.15, 0.2) is 47.5 Å². The van der Waals surface area contributed by atoms with E-state index < -0.39 is 10.0 Å². The van der Waals surface area contributed by atoms with Gasteiger partial charge in [0.2, 0.25) is 15.9 Å². The maximum Gasteiger partial charge on any atom is 0.242 e. The van der Waals surface area contributed by atoms with Crippen molar-refractivity contribution >= 4 is 21.6 Å². The predicted octanol–water partition coefficient (Wildman–Crippen LogP) is 2.21. The van der Waals surface area contributed by atoms with E-state index in [4.69, 9.17) is 0 Å². The number of carbonyl (C=O) groups is 1. The first-order valence-electron chi connectivity index (χ1n) is 7.55. The normalized spacial score (nSPS) is 11.5. The fourth-order valence-corrected chi connectivity index (χ4v) is 3.40. The lowest BCUT2D eigenvalue weighted by atomic mass is 10.2. The van der Waals surface area contributed by atoms with Crippen molar-refractivity contribution in [1.29, 1.82) is 0 Å². The molecule has 1 aromatic carbocycles. The zero-order valence-electron chi connectivity index (χ0n) is 14.0. The molecule has 0 aliphatic heterocycles. The Hall–Kier alpha value is -2.25. The van der Waals surface area contributed by atoms with E-state index in [2.05, 4.69) is 10.3 Å². The first-order chi connectivity index (χ1) is 11.3. The van der Waals surface area contributed by atoms with Gasteiger partial charge in [0.15, 0.2) is 0 Å². The van der Waals surface area contributed by atoms with Crippen LogP contribution in [0.1, 0.15) is 18.2 Å². The molecule has 0 aliphatic carbocycles. The lowest BCUT2D eigenvalue weighted by Gasteiger charge is -2.18. The standard InChI is InChI=1S/C17H21N3O3S/c1-13-7-8-16(12-17(13)19-14(2)21)24(22,23)20(3)11-9-15-6-4-5-10-18-15/h4-8,10,12H,9,11H2,1-3H3,(H,19,21). The molecule has 0 spiro atoms. The number of rotatable bonds is 6. The third kappa shape index (κ3) is 4.39. The Bertz CT molecular complexity index is 820. The summed E-state index contributed by atoms with van der Waals surface area (Å²) in [4.78, 5) is 15.6. The quantitative estimate of drug-likeness (QED) is 0.869. The van der Waals surface area contributed by atoms with Crippen molar-refractivity contribution in [2.24, 2.45) is 0 Å². The topological polar surface area (TPSA) is 79.4 Å². The van der Waals surface area contributed by atoms with Crippen LogP contribution in [0.25, 0.3) is 0 Å². The Kier molecular flexibility index (Phi) is 5.69. The molecule has 0 saturated carbocycles. The average Bonchev–Trinajstić information content (AvgIpc) is 2.55. The SMILES string of the molecule is CC(=O)Nc1cc(S(=O)(=O)N(C)CCc2ccccn2)ccc1C. The number of nitrogens with one attached hydrogen (secondary N) is 1. The van der Waals surface area contributed by atoms with E-state index >= 15 is 0 Å². The monoisotopic (exact) mass is 347 g/mol. The highest BCUT2D eigenvalue weighted by Gasteiger charge is 2.21. The van der Waals surface area contributed by atoms with Gasteiger partial charge < -0.3 is 5.32 Å². The number of benzene rings is 1. The van der Waals surface area contributed by atoms with Gasteiger partial charge >= 0.3 is 0 Å². The minimum absolute atomic E-state index is 0.153. The summed E-state index contributed by atoms with van der Waals surface area (Å²) >= 11 is 0. The van der Waals surface area contributed by atoms with Gasteiger partial charge in [-0.1, -0.05) is 12.1 Å². The number of anilines is 1. The summed E-state index contributed by atoms with van der Waals surface area (Å²) in [5.74, 6) is -0.240. The van der Waals surface area contributed by atoms with E-state index in [0.29, 0.717) is 18.7 Å². The zero-order valence-corrected chi connectivity index (χ0v) is 14.8. The van der Waals surface area contributed by atoms with Gasteiger partial charge in [0.05, 0.1) is 4.90 Å². The van der Waals surface area contributed by atoms with Gasteiger partial charge in [-0.15, -0.1) is 0 Å². The Morgan fingerprint density at radius 1 is 1.25 bits per heavy atom. The minimum Gasteiger partial charge on any atom is -0.326 e. The van der Waals surface area contributed by atoms with Crippen LogP contribution in [0.4, 0.5) is 5.69 Å². The van der Waals surface area contributed by atoms with E-state index in [0.717, 1.165) is 11.3 Å². The van der Waals surface area contributed by atoms with Gasteiger partial charge in [0.25, 0.3) is 0 Å². The van der Waals surface area contributed by atoms with E-state index in [-0.39, 0.29) is 10.8 Å². The van der Waals surface area contributed by atoms with Crippen molar-refractivity contribution in [3.05, 3.63) is 53.9 Å². The molecular formula is C17H21N3O3S. The molecule has 6 nitrogen and oxygen atoms in total. The van der Waals surface area contributed by atoms with Gasteiger partial charge in [-0.2, -0.15) is 0 Å². The van der Waals surface area contributed by atoms with Crippen LogP contribution in [0.5, 0.6) is 0 Å². The number of pyridine rings is 1. The molecule has 2 aromatic rings. The summed E-state index contributed by atoms with van der Waals surface area (Å²) in [6.07, 6.45) is 2.21. The molecule has 0 atom stereocenters. The molecular weight excluding hydrogens is 326 g/mol. The van der Waals surface area contributed by atoms with Crippen LogP contribution in [0.2, 0.25) is 0 Å². The van der Waals surface area contributed by atoms with Crippen LogP contribution in [0.3, 0.4) is 0 Å². The van der Waals surface area contributed by atoms with Gasteiger partial charge in [0.1, 0.15) is 0 Å². The van der Waals surface area contributed by atoms with Crippen molar-refractivity contribution in [2.45, 2.75) is 25.2 Å². The number of hydrogen-bond donors (Lipinski definition) is 1. The second-order valence-electron chi connectivity index (χ2n) is 5.56. The molecule has 24 heavy (non-hydrogen) atoms. The van der Waals surface area contributed by atoms with Gasteiger partial charge in [0, 0.05) is 44.5 Å². The lowest BCUT2D eigenvalue weighted by Crippen LogP contribution is -2.29. The number of aromatic nitrogens is 1. The Morgan fingerprint density at radius 2 is 2.00 bits per heavy atom. The fraction of sp³-hybridized carbons (Fsp3) is 0.294. The smallest absolute Gasteiger partial charge is 0.242 e. The number of amides is 1. The molecule has 1 heterocycles. The molecule has 0 radical (unpaired) electrons. The highest BCUT2D eigenvalue weighted by atomic mass is 32.2. The first-order valence-corrected chi connectivity index (χ1v) is 8.99. The van der Waals surface area contributed by atoms with E-state index in [1.54, 1.807) is 18.3 Å². The third-order valence-electron chi connectivity index (χ3n) is 3.64. The Morgan fingerprint density at radius 3 is 2.62 bits per heavy atom. The summed E-state index contributed by atoms with van der Waals surface area (Å²) in [6, 6.07) is 10.3. The maximum atomic E-state index is 12.7. The molecule has 1 aromatic heterocycles. The molecule has 128 valence electrons. The fourth-order valence-electron chi connectivity index (χ4n) is 2.20. The molecule has 1 N–H and O–H groups in total. The highest BCUT2D eigenvalue weighted by molar-refractivity contribution is 7.89. The predicted molar refractivity (Wildman–Crippen MR) is 93.2 cm³/mol. The molecule has 0 bridgehead atoms. The largest absolute Gasteiger partial charge is 0.326 e. The summed E-state index contributed by atoms with van der Waals surface area (Å²) < 4.78 is 26.7. The average molecular weight is 347 g/mol. The van der Waals surface area contributed by atoms with Crippen LogP contribution in [-0.4, -0.2) is 37.2 Å². The first kappa shape index (κ1) is 18.1. The zero-order chi connectivity index (χ0) is 17.7. The summed E-state index contributed by atoms with van der Waals surface area (Å²) in [5, 5.41) is 2.65. The molecule has 0 unspecified atom stereocenters. The van der Waals surface area contributed by atoms with E-state index in [1.807, 2.05) is 25.1 Å². The van der Waals surface area contributed by atoms with Crippen molar-refractivity contribution in [3.63, 3.8) is 0 Å². The molecule has 7 heteroatoms. The van der Waals surface area contributed by atoms with Crippen molar-refractivity contribution in [1.82, 2.24) is 9.29 Å². The molecule has 2 rings (SSSR count). The van der Waals surface area contributed by atoms with Crippen LogP contribution in [-0.2, 0) is 21.2 Å². The second-order valence-corrected chi connectivity index (χ2v) is 7.60. The van der Waals surface area contributed by atoms with Gasteiger partial charge in [-0.25, -0.2) is 12.7 Å². The van der Waals surface area contributed by atoms with Crippen molar-refractivity contribution in [2.75, 3.05) is 18.9 Å². The lowest BCUT2D eigenvalue weighted by molar-refractivity contribution is -0.114. The van der Waals surface area contributed by atoms with Crippen LogP contribution >= 0.6 is 0 Å². The van der Waals surface area contributed by atoms with Crippen LogP contribution < -0.4 is 5.32 Å². The Balaban J connectivity index is 2.18. The number of aryl methyl sites for hydroxylation is 1. The van der Waals surface area contributed by atoms with Gasteiger partial charge in [-0.3, -0.25) is 9.78 Å². The minimum atomic E-state index is -3.63. The maximum absolute atomic E-state index is 12.7. The van der Waals surface area contributed by atoms with E-state index in [1.165, 1.54) is 24.3 Å². The summed E-state index contributed by atoms with van der Waals surface area (Å²) in [6.45, 7) is 3.52. The number of likely N-dealkylation sites (N-methyl/N-ethyl adjacent to an activating group) is 1. The molecule has 1 amide bonds. The third-order valence-corrected chi connectivity index (χ3v) is 5.49. The highest BCUT2D eigenvalue weighted by Crippen LogP contribution is 2.22. The summed E-state index contributed by atoms with van der Waals surface area (Å²) in [5.41, 5.74) is 2.14.